The number of aromatic nitrogens is 2. The van der Waals surface area contributed by atoms with Gasteiger partial charge in [0.25, 0.3) is 5.56 Å². The quantitative estimate of drug-likeness (QED) is 0.279. The van der Waals surface area contributed by atoms with Crippen LogP contribution in [-0.2, 0) is 29.2 Å². The summed E-state index contributed by atoms with van der Waals surface area (Å²) in [5, 5.41) is 6.11. The van der Waals surface area contributed by atoms with Crippen LogP contribution >= 0.6 is 0 Å². The van der Waals surface area contributed by atoms with Gasteiger partial charge in [0.2, 0.25) is 11.8 Å². The highest BCUT2D eigenvalue weighted by molar-refractivity contribution is 5.92. The zero-order chi connectivity index (χ0) is 28.6. The van der Waals surface area contributed by atoms with Crippen molar-refractivity contribution in [3.8, 4) is 5.75 Å². The van der Waals surface area contributed by atoms with Crippen molar-refractivity contribution < 1.29 is 14.3 Å². The zero-order valence-electron chi connectivity index (χ0n) is 23.0. The monoisotopic (exact) mass is 542 g/mol. The molecule has 40 heavy (non-hydrogen) atoms. The maximum absolute atomic E-state index is 13.4. The summed E-state index contributed by atoms with van der Waals surface area (Å²) in [5.41, 5.74) is 2.99. The normalized spacial score (nSPS) is 10.9. The Labute approximate surface area is 232 Å². The lowest BCUT2D eigenvalue weighted by Crippen LogP contribution is -2.41. The first-order valence-corrected chi connectivity index (χ1v) is 13.3. The second-order valence-electron chi connectivity index (χ2n) is 9.75. The molecule has 0 aliphatic heterocycles. The second kappa shape index (κ2) is 12.9. The number of para-hydroxylation sites is 2. The van der Waals surface area contributed by atoms with E-state index in [1.807, 2.05) is 56.3 Å². The molecule has 4 rings (SSSR count). The molecule has 9 heteroatoms. The second-order valence-corrected chi connectivity index (χ2v) is 9.75. The number of benzene rings is 3. The van der Waals surface area contributed by atoms with E-state index in [2.05, 4.69) is 10.6 Å². The number of hydrogen-bond donors (Lipinski definition) is 2. The van der Waals surface area contributed by atoms with Crippen LogP contribution in [0.3, 0.4) is 0 Å². The molecule has 9 nitrogen and oxygen atoms in total. The third kappa shape index (κ3) is 6.66. The number of ether oxygens (including phenoxy) is 1. The minimum Gasteiger partial charge on any atom is -0.496 e. The lowest BCUT2D eigenvalue weighted by atomic mass is 10.1. The predicted molar refractivity (Wildman–Crippen MR) is 156 cm³/mol. The molecule has 208 valence electrons. The van der Waals surface area contributed by atoms with E-state index in [4.69, 9.17) is 4.74 Å². The topological polar surface area (TPSA) is 111 Å². The zero-order valence-corrected chi connectivity index (χ0v) is 23.0. The lowest BCUT2D eigenvalue weighted by Gasteiger charge is -2.15. The van der Waals surface area contributed by atoms with E-state index in [9.17, 15) is 19.2 Å². The third-order valence-corrected chi connectivity index (χ3v) is 6.79. The first-order valence-electron chi connectivity index (χ1n) is 13.3. The van der Waals surface area contributed by atoms with Crippen LogP contribution < -0.4 is 26.6 Å². The Kier molecular flexibility index (Phi) is 9.16. The highest BCUT2D eigenvalue weighted by Gasteiger charge is 2.16. The number of fused-ring (bicyclic) bond motifs is 1. The van der Waals surface area contributed by atoms with Crippen LogP contribution in [0.15, 0.2) is 76.3 Å². The van der Waals surface area contributed by atoms with E-state index in [1.54, 1.807) is 31.4 Å². The van der Waals surface area contributed by atoms with Gasteiger partial charge in [-0.15, -0.1) is 0 Å². The number of nitrogens with zero attached hydrogens (tertiary/aromatic N) is 2. The average Bonchev–Trinajstić information content (AvgIpc) is 2.95. The van der Waals surface area contributed by atoms with Crippen molar-refractivity contribution in [1.29, 1.82) is 0 Å². The van der Waals surface area contributed by atoms with Gasteiger partial charge in [-0.2, -0.15) is 0 Å². The molecule has 2 amide bonds. The molecule has 0 saturated carbocycles. The minimum absolute atomic E-state index is 0.128. The van der Waals surface area contributed by atoms with Gasteiger partial charge >= 0.3 is 5.69 Å². The van der Waals surface area contributed by atoms with Gasteiger partial charge in [-0.1, -0.05) is 48.0 Å². The van der Waals surface area contributed by atoms with Crippen molar-refractivity contribution in [1.82, 2.24) is 14.5 Å². The van der Waals surface area contributed by atoms with Crippen LogP contribution in [0.4, 0.5) is 5.69 Å². The summed E-state index contributed by atoms with van der Waals surface area (Å²) < 4.78 is 7.79. The summed E-state index contributed by atoms with van der Waals surface area (Å²) in [6.45, 7) is 4.13. The fraction of sp³-hybridized carbons (Fsp3) is 0.290. The number of aryl methyl sites for hydroxylation is 2. The highest BCUT2D eigenvalue weighted by Crippen LogP contribution is 2.17. The molecule has 0 bridgehead atoms. The maximum Gasteiger partial charge on any atom is 0.331 e. The lowest BCUT2D eigenvalue weighted by molar-refractivity contribution is -0.121. The molecule has 0 spiro atoms. The first-order chi connectivity index (χ1) is 19.3. The number of carbonyl (C=O) groups is 2. The number of unbranched alkanes of at least 4 members (excludes halogenated alkanes) is 1. The Morgan fingerprint density at radius 3 is 2.40 bits per heavy atom. The van der Waals surface area contributed by atoms with Crippen LogP contribution in [0.1, 0.15) is 36.0 Å². The average molecular weight is 543 g/mol. The molecule has 0 radical (unpaired) electrons. The SMILES string of the molecule is COc1ccccc1CNC(=O)CCCCn1c(=O)c2ccccc2n(CC(=O)Nc2ccc(C)cc2C)c1=O. The highest BCUT2D eigenvalue weighted by atomic mass is 16.5. The van der Waals surface area contributed by atoms with Gasteiger partial charge < -0.3 is 15.4 Å². The predicted octanol–water partition coefficient (Wildman–Crippen LogP) is 3.91. The Morgan fingerprint density at radius 1 is 0.875 bits per heavy atom. The number of nitrogens with one attached hydrogen (secondary N) is 2. The molecular weight excluding hydrogens is 508 g/mol. The largest absolute Gasteiger partial charge is 0.496 e. The molecule has 4 aromatic rings. The van der Waals surface area contributed by atoms with E-state index in [-0.39, 0.29) is 31.3 Å². The van der Waals surface area contributed by atoms with E-state index in [0.717, 1.165) is 21.3 Å². The molecular formula is C31H34N4O5. The number of amides is 2. The van der Waals surface area contributed by atoms with Gasteiger partial charge in [0.1, 0.15) is 12.3 Å². The number of carbonyl (C=O) groups excluding carboxylic acids is 2. The number of anilines is 1. The Balaban J connectivity index is 1.43. The van der Waals surface area contributed by atoms with E-state index in [1.165, 1.54) is 4.57 Å². The van der Waals surface area contributed by atoms with E-state index in [0.29, 0.717) is 41.7 Å². The minimum atomic E-state index is -0.555. The summed E-state index contributed by atoms with van der Waals surface area (Å²) in [4.78, 5) is 51.9. The van der Waals surface area contributed by atoms with Crippen molar-refractivity contribution in [2.45, 2.75) is 52.7 Å². The summed E-state index contributed by atoms with van der Waals surface area (Å²) in [6, 6.07) is 19.9. The maximum atomic E-state index is 13.4. The molecule has 3 aromatic carbocycles. The standard InChI is InChI=1S/C31H34N4O5/c1-21-15-16-25(22(2)18-21)33-29(37)20-35-26-12-6-5-11-24(26)30(38)34(31(35)39)17-9-8-14-28(36)32-19-23-10-4-7-13-27(23)40-3/h4-7,10-13,15-16,18H,8-9,14,17,19-20H2,1-3H3,(H,32,36)(H,33,37). The van der Waals surface area contributed by atoms with Gasteiger partial charge in [-0.05, 0) is 56.5 Å². The van der Waals surface area contributed by atoms with Crippen LogP contribution in [0.5, 0.6) is 5.75 Å². The summed E-state index contributed by atoms with van der Waals surface area (Å²) in [7, 11) is 1.58. The van der Waals surface area contributed by atoms with Crippen LogP contribution in [0.2, 0.25) is 0 Å². The molecule has 2 N–H and O–H groups in total. The van der Waals surface area contributed by atoms with Crippen molar-refractivity contribution in [2.24, 2.45) is 0 Å². The molecule has 0 aliphatic carbocycles. The van der Waals surface area contributed by atoms with Crippen molar-refractivity contribution in [2.75, 3.05) is 12.4 Å². The third-order valence-electron chi connectivity index (χ3n) is 6.79. The molecule has 0 fully saturated rings. The summed E-state index contributed by atoms with van der Waals surface area (Å²) in [6.07, 6.45) is 1.19. The Morgan fingerprint density at radius 2 is 1.62 bits per heavy atom. The van der Waals surface area contributed by atoms with Crippen LogP contribution in [0, 0.1) is 13.8 Å². The smallest absolute Gasteiger partial charge is 0.331 e. The van der Waals surface area contributed by atoms with Crippen LogP contribution in [0.25, 0.3) is 10.9 Å². The molecule has 1 aromatic heterocycles. The van der Waals surface area contributed by atoms with Gasteiger partial charge in [-0.25, -0.2) is 4.79 Å². The fourth-order valence-electron chi connectivity index (χ4n) is 4.69. The Bertz CT molecular complexity index is 1650. The molecule has 1 heterocycles. The molecule has 0 unspecified atom stereocenters. The number of rotatable bonds is 11. The molecule has 0 aliphatic rings. The van der Waals surface area contributed by atoms with E-state index < -0.39 is 11.2 Å². The van der Waals surface area contributed by atoms with Gasteiger partial charge in [0.15, 0.2) is 0 Å². The van der Waals surface area contributed by atoms with Crippen LogP contribution in [-0.4, -0.2) is 28.1 Å². The summed E-state index contributed by atoms with van der Waals surface area (Å²) >= 11 is 0. The van der Waals surface area contributed by atoms with Gasteiger partial charge in [0.05, 0.1) is 18.0 Å². The van der Waals surface area contributed by atoms with E-state index >= 15 is 0 Å². The molecule has 0 atom stereocenters. The fourth-order valence-corrected chi connectivity index (χ4v) is 4.69. The van der Waals surface area contributed by atoms with Crippen molar-refractivity contribution in [3.05, 3.63) is 104 Å². The number of hydrogen-bond acceptors (Lipinski definition) is 5. The van der Waals surface area contributed by atoms with Gasteiger partial charge in [0, 0.05) is 30.8 Å². The number of methoxy groups -OCH3 is 1. The van der Waals surface area contributed by atoms with Gasteiger partial charge in [-0.3, -0.25) is 23.5 Å². The first kappa shape index (κ1) is 28.4. The Hall–Kier alpha value is -4.66. The van der Waals surface area contributed by atoms with Crippen molar-refractivity contribution in [3.63, 3.8) is 0 Å². The summed E-state index contributed by atoms with van der Waals surface area (Å²) in [5.74, 6) is 0.214. The molecule has 0 saturated heterocycles. The van der Waals surface area contributed by atoms with Crippen molar-refractivity contribution >= 4 is 28.4 Å².